The SMILES string of the molecule is CCc1ccc(Cn2c(=O)nc(SC)[nH]c2=O)cc1. The van der Waals surface area contributed by atoms with Crippen LogP contribution in [0.1, 0.15) is 18.1 Å². The van der Waals surface area contributed by atoms with Crippen LogP contribution < -0.4 is 11.4 Å². The average molecular weight is 277 g/mol. The van der Waals surface area contributed by atoms with Gasteiger partial charge in [-0.1, -0.05) is 43.0 Å². The van der Waals surface area contributed by atoms with Crippen molar-refractivity contribution in [1.29, 1.82) is 0 Å². The van der Waals surface area contributed by atoms with Crippen molar-refractivity contribution in [1.82, 2.24) is 14.5 Å². The lowest BCUT2D eigenvalue weighted by atomic mass is 10.1. The predicted octanol–water partition coefficient (Wildman–Crippen LogP) is 1.26. The largest absolute Gasteiger partial charge is 0.354 e. The van der Waals surface area contributed by atoms with Gasteiger partial charge in [0, 0.05) is 0 Å². The molecule has 0 saturated carbocycles. The Morgan fingerprint density at radius 2 is 1.84 bits per heavy atom. The van der Waals surface area contributed by atoms with Gasteiger partial charge in [0.15, 0.2) is 5.16 Å². The highest BCUT2D eigenvalue weighted by Crippen LogP contribution is 2.06. The molecule has 19 heavy (non-hydrogen) atoms. The summed E-state index contributed by atoms with van der Waals surface area (Å²) in [5.41, 5.74) is 1.18. The van der Waals surface area contributed by atoms with Crippen LogP contribution in [0.2, 0.25) is 0 Å². The van der Waals surface area contributed by atoms with Crippen LogP contribution in [0.25, 0.3) is 0 Å². The van der Waals surface area contributed by atoms with E-state index >= 15 is 0 Å². The van der Waals surface area contributed by atoms with Gasteiger partial charge in [-0.3, -0.25) is 4.98 Å². The Hall–Kier alpha value is -1.82. The van der Waals surface area contributed by atoms with E-state index in [2.05, 4.69) is 16.9 Å². The average Bonchev–Trinajstić information content (AvgIpc) is 2.43. The molecule has 0 fully saturated rings. The smallest absolute Gasteiger partial charge is 0.286 e. The summed E-state index contributed by atoms with van der Waals surface area (Å²) in [6, 6.07) is 7.84. The molecule has 0 amide bonds. The Kier molecular flexibility index (Phi) is 4.21. The highest BCUT2D eigenvalue weighted by molar-refractivity contribution is 7.98. The molecule has 100 valence electrons. The highest BCUT2D eigenvalue weighted by atomic mass is 32.2. The van der Waals surface area contributed by atoms with E-state index in [9.17, 15) is 9.59 Å². The fourth-order valence-electron chi connectivity index (χ4n) is 1.72. The summed E-state index contributed by atoms with van der Waals surface area (Å²) >= 11 is 1.24. The Bertz CT molecular complexity index is 642. The first-order valence-corrected chi connectivity index (χ1v) is 7.19. The summed E-state index contributed by atoms with van der Waals surface area (Å²) in [6.45, 7) is 2.31. The van der Waals surface area contributed by atoms with Crippen LogP contribution >= 0.6 is 11.8 Å². The van der Waals surface area contributed by atoms with Crippen molar-refractivity contribution in [3.8, 4) is 0 Å². The van der Waals surface area contributed by atoms with Crippen molar-refractivity contribution in [2.45, 2.75) is 25.0 Å². The van der Waals surface area contributed by atoms with E-state index in [4.69, 9.17) is 0 Å². The number of thioether (sulfide) groups is 1. The number of benzene rings is 1. The van der Waals surface area contributed by atoms with Crippen LogP contribution in [0.3, 0.4) is 0 Å². The Balaban J connectivity index is 2.33. The number of nitrogens with zero attached hydrogens (tertiary/aromatic N) is 2. The summed E-state index contributed by atoms with van der Waals surface area (Å²) in [7, 11) is 0. The monoisotopic (exact) mass is 277 g/mol. The van der Waals surface area contributed by atoms with E-state index in [-0.39, 0.29) is 6.54 Å². The molecule has 2 aromatic rings. The second-order valence-corrected chi connectivity index (χ2v) is 4.88. The molecule has 6 heteroatoms. The Morgan fingerprint density at radius 3 is 2.37 bits per heavy atom. The van der Waals surface area contributed by atoms with Gasteiger partial charge in [-0.2, -0.15) is 4.98 Å². The maximum Gasteiger partial charge on any atom is 0.354 e. The van der Waals surface area contributed by atoms with Crippen LogP contribution in [-0.4, -0.2) is 20.8 Å². The minimum atomic E-state index is -0.521. The first-order chi connectivity index (χ1) is 9.13. The lowest BCUT2D eigenvalue weighted by Crippen LogP contribution is -2.37. The lowest BCUT2D eigenvalue weighted by molar-refractivity contribution is 0.632. The lowest BCUT2D eigenvalue weighted by Gasteiger charge is -2.05. The standard InChI is InChI=1S/C13H15N3O2S/c1-3-9-4-6-10(7-5-9)8-16-12(17)14-11(19-2)15-13(16)18/h4-7H,3,8H2,1-2H3,(H,14,15,17,18). The van der Waals surface area contributed by atoms with Gasteiger partial charge in [-0.15, -0.1) is 0 Å². The van der Waals surface area contributed by atoms with Crippen molar-refractivity contribution < 1.29 is 0 Å². The molecule has 0 radical (unpaired) electrons. The number of aromatic amines is 1. The molecule has 1 heterocycles. The third-order valence-electron chi connectivity index (χ3n) is 2.85. The van der Waals surface area contributed by atoms with Crippen molar-refractivity contribution in [2.24, 2.45) is 0 Å². The van der Waals surface area contributed by atoms with Gasteiger partial charge in [0.2, 0.25) is 0 Å². The minimum absolute atomic E-state index is 0.236. The van der Waals surface area contributed by atoms with E-state index in [0.29, 0.717) is 5.16 Å². The molecule has 1 N–H and O–H groups in total. The highest BCUT2D eigenvalue weighted by Gasteiger charge is 2.06. The topological polar surface area (TPSA) is 67.8 Å². The zero-order chi connectivity index (χ0) is 13.8. The first kappa shape index (κ1) is 13.6. The van der Waals surface area contributed by atoms with E-state index in [1.165, 1.54) is 17.3 Å². The number of nitrogens with one attached hydrogen (secondary N) is 1. The summed E-state index contributed by atoms with van der Waals surface area (Å²) in [4.78, 5) is 29.9. The first-order valence-electron chi connectivity index (χ1n) is 5.97. The fourth-order valence-corrected chi connectivity index (χ4v) is 2.08. The zero-order valence-corrected chi connectivity index (χ0v) is 11.7. The summed E-state index contributed by atoms with van der Waals surface area (Å²) in [5.74, 6) is 0. The molecule has 0 unspecified atom stereocenters. The zero-order valence-electron chi connectivity index (χ0n) is 10.8. The molecule has 0 bridgehead atoms. The summed E-state index contributed by atoms with van der Waals surface area (Å²) in [5, 5.41) is 0.340. The molecule has 0 aliphatic heterocycles. The predicted molar refractivity (Wildman–Crippen MR) is 75.8 cm³/mol. The van der Waals surface area contributed by atoms with Gasteiger partial charge in [0.05, 0.1) is 6.54 Å². The molecule has 0 aliphatic rings. The van der Waals surface area contributed by atoms with Gasteiger partial charge >= 0.3 is 11.4 Å². The molecule has 0 atom stereocenters. The van der Waals surface area contributed by atoms with Crippen molar-refractivity contribution >= 4 is 11.8 Å². The molecule has 0 aliphatic carbocycles. The molecule has 2 rings (SSSR count). The second kappa shape index (κ2) is 5.88. The number of aromatic nitrogens is 3. The van der Waals surface area contributed by atoms with Crippen LogP contribution in [-0.2, 0) is 13.0 Å². The van der Waals surface area contributed by atoms with E-state index < -0.39 is 11.4 Å². The Labute approximate surface area is 114 Å². The number of rotatable bonds is 4. The molecule has 0 spiro atoms. The van der Waals surface area contributed by atoms with Crippen LogP contribution in [0, 0.1) is 0 Å². The summed E-state index contributed by atoms with van der Waals surface area (Å²) in [6.07, 6.45) is 2.72. The molecule has 5 nitrogen and oxygen atoms in total. The van der Waals surface area contributed by atoms with Crippen LogP contribution in [0.5, 0.6) is 0 Å². The van der Waals surface area contributed by atoms with E-state index in [1.54, 1.807) is 6.26 Å². The Morgan fingerprint density at radius 1 is 1.21 bits per heavy atom. The molecule has 0 saturated heterocycles. The van der Waals surface area contributed by atoms with E-state index in [1.807, 2.05) is 24.3 Å². The molecule has 1 aromatic carbocycles. The number of hydrogen-bond acceptors (Lipinski definition) is 4. The number of aryl methyl sites for hydroxylation is 1. The second-order valence-electron chi connectivity index (χ2n) is 4.09. The van der Waals surface area contributed by atoms with Gasteiger partial charge in [0.1, 0.15) is 0 Å². The number of H-pyrrole nitrogens is 1. The van der Waals surface area contributed by atoms with Crippen molar-refractivity contribution in [3.05, 3.63) is 56.4 Å². The van der Waals surface area contributed by atoms with Crippen LogP contribution in [0.4, 0.5) is 0 Å². The van der Waals surface area contributed by atoms with Gasteiger partial charge in [-0.05, 0) is 23.8 Å². The quantitative estimate of drug-likeness (QED) is 0.854. The fraction of sp³-hybridized carbons (Fsp3) is 0.308. The third kappa shape index (κ3) is 3.14. The van der Waals surface area contributed by atoms with Crippen molar-refractivity contribution in [3.63, 3.8) is 0 Å². The maximum atomic E-state index is 11.8. The maximum absolute atomic E-state index is 11.8. The van der Waals surface area contributed by atoms with Gasteiger partial charge in [-0.25, -0.2) is 14.2 Å². The van der Waals surface area contributed by atoms with Gasteiger partial charge in [0.25, 0.3) is 0 Å². The van der Waals surface area contributed by atoms with Crippen LogP contribution in [0.15, 0.2) is 39.0 Å². The van der Waals surface area contributed by atoms with E-state index in [0.717, 1.165) is 16.6 Å². The molecular formula is C13H15N3O2S. The minimum Gasteiger partial charge on any atom is -0.286 e. The van der Waals surface area contributed by atoms with Crippen molar-refractivity contribution in [2.75, 3.05) is 6.26 Å². The molecule has 1 aromatic heterocycles. The normalized spacial score (nSPS) is 10.6. The summed E-state index contributed by atoms with van der Waals surface area (Å²) < 4.78 is 1.10. The van der Waals surface area contributed by atoms with Gasteiger partial charge < -0.3 is 0 Å². The third-order valence-corrected chi connectivity index (χ3v) is 3.43. The molecular weight excluding hydrogens is 262 g/mol. The number of hydrogen-bond donors (Lipinski definition) is 1.